The highest BCUT2D eigenvalue weighted by atomic mass is 15.1. The zero-order valence-corrected chi connectivity index (χ0v) is 8.15. The molecule has 0 aromatic heterocycles. The van der Waals surface area contributed by atoms with Gasteiger partial charge in [-0.25, -0.2) is 0 Å². The summed E-state index contributed by atoms with van der Waals surface area (Å²) in [5.41, 5.74) is 11.8. The lowest BCUT2D eigenvalue weighted by Crippen LogP contribution is -1.93. The van der Waals surface area contributed by atoms with Crippen molar-refractivity contribution in [3.63, 3.8) is 0 Å². The van der Waals surface area contributed by atoms with Gasteiger partial charge >= 0.3 is 0 Å². The third-order valence-electron chi connectivity index (χ3n) is 2.12. The Bertz CT molecular complexity index is 413. The Morgan fingerprint density at radius 3 is 2.43 bits per heavy atom. The number of azide groups is 1. The Kier molecular flexibility index (Phi) is 3.11. The molecule has 0 saturated carbocycles. The number of benzene rings is 1. The molecule has 0 saturated heterocycles. The summed E-state index contributed by atoms with van der Waals surface area (Å²) in [6.45, 7) is 4.17. The van der Waals surface area contributed by atoms with Crippen LogP contribution in [0.2, 0.25) is 0 Å². The molecule has 0 radical (unpaired) electrons. The molecule has 0 aliphatic carbocycles. The summed E-state index contributed by atoms with van der Waals surface area (Å²) in [7, 11) is 0. The highest BCUT2D eigenvalue weighted by molar-refractivity contribution is 5.42. The molecular weight excluding hydrogens is 176 g/mol. The second kappa shape index (κ2) is 4.31. The fraction of sp³-hybridized carbons (Fsp3) is 0.300. The van der Waals surface area contributed by atoms with Crippen LogP contribution < -0.4 is 0 Å². The summed E-state index contributed by atoms with van der Waals surface area (Å²) in [5.74, 6) is 0. The number of nitrogens with zero attached hydrogens (tertiary/aromatic N) is 4. The van der Waals surface area contributed by atoms with Gasteiger partial charge < -0.3 is 0 Å². The van der Waals surface area contributed by atoms with E-state index in [9.17, 15) is 0 Å². The maximum Gasteiger partial charge on any atom is 0.0991 e. The molecule has 1 aromatic rings. The fourth-order valence-electron chi connectivity index (χ4n) is 1.41. The quantitative estimate of drug-likeness (QED) is 0.397. The smallest absolute Gasteiger partial charge is 0.0991 e. The molecule has 0 heterocycles. The first-order chi connectivity index (χ1) is 6.69. The van der Waals surface area contributed by atoms with Gasteiger partial charge in [0, 0.05) is 4.91 Å². The molecule has 14 heavy (non-hydrogen) atoms. The van der Waals surface area contributed by atoms with Gasteiger partial charge in [0.1, 0.15) is 0 Å². The van der Waals surface area contributed by atoms with Crippen LogP contribution in [0, 0.1) is 25.2 Å². The van der Waals surface area contributed by atoms with Crippen LogP contribution in [0.25, 0.3) is 10.4 Å². The van der Waals surface area contributed by atoms with Crippen LogP contribution in [0.3, 0.4) is 0 Å². The van der Waals surface area contributed by atoms with E-state index in [2.05, 4.69) is 16.1 Å². The Labute approximate surface area is 82.4 Å². The van der Waals surface area contributed by atoms with Crippen LogP contribution in [0.5, 0.6) is 0 Å². The molecule has 0 spiro atoms. The van der Waals surface area contributed by atoms with Crippen molar-refractivity contribution in [2.45, 2.75) is 20.4 Å². The highest BCUT2D eigenvalue weighted by Gasteiger charge is 2.03. The van der Waals surface area contributed by atoms with Crippen molar-refractivity contribution in [3.05, 3.63) is 44.8 Å². The molecule has 0 unspecified atom stereocenters. The van der Waals surface area contributed by atoms with Crippen LogP contribution in [-0.2, 0) is 6.54 Å². The van der Waals surface area contributed by atoms with E-state index in [1.165, 1.54) is 0 Å². The third kappa shape index (κ3) is 2.03. The average Bonchev–Trinajstić information content (AvgIpc) is 2.16. The van der Waals surface area contributed by atoms with Crippen LogP contribution >= 0.6 is 0 Å². The van der Waals surface area contributed by atoms with Gasteiger partial charge in [-0.2, -0.15) is 5.26 Å². The monoisotopic (exact) mass is 186 g/mol. The van der Waals surface area contributed by atoms with E-state index in [1.807, 2.05) is 13.8 Å². The lowest BCUT2D eigenvalue weighted by molar-refractivity contribution is 1.01. The number of hydrogen-bond acceptors (Lipinski definition) is 2. The van der Waals surface area contributed by atoms with E-state index in [1.54, 1.807) is 12.1 Å². The van der Waals surface area contributed by atoms with Crippen molar-refractivity contribution in [3.8, 4) is 6.07 Å². The predicted molar refractivity (Wildman–Crippen MR) is 53.5 cm³/mol. The lowest BCUT2D eigenvalue weighted by Gasteiger charge is -2.06. The zero-order chi connectivity index (χ0) is 10.6. The maximum atomic E-state index is 8.72. The molecule has 70 valence electrons. The van der Waals surface area contributed by atoms with Crippen molar-refractivity contribution in [1.82, 2.24) is 0 Å². The van der Waals surface area contributed by atoms with Crippen molar-refractivity contribution < 1.29 is 0 Å². The van der Waals surface area contributed by atoms with Crippen LogP contribution in [0.15, 0.2) is 17.2 Å². The molecule has 0 amide bonds. The summed E-state index contributed by atoms with van der Waals surface area (Å²) >= 11 is 0. The van der Waals surface area contributed by atoms with Crippen molar-refractivity contribution in [2.24, 2.45) is 5.11 Å². The molecule has 1 rings (SSSR count). The van der Waals surface area contributed by atoms with E-state index >= 15 is 0 Å². The summed E-state index contributed by atoms with van der Waals surface area (Å²) in [6.07, 6.45) is 0. The normalized spacial score (nSPS) is 8.93. The van der Waals surface area contributed by atoms with E-state index in [0.29, 0.717) is 12.1 Å². The third-order valence-corrected chi connectivity index (χ3v) is 2.12. The van der Waals surface area contributed by atoms with E-state index in [0.717, 1.165) is 16.7 Å². The number of nitriles is 1. The summed E-state index contributed by atoms with van der Waals surface area (Å²) in [6, 6.07) is 5.69. The molecule has 4 nitrogen and oxygen atoms in total. The van der Waals surface area contributed by atoms with Gasteiger partial charge in [0.25, 0.3) is 0 Å². The Morgan fingerprint density at radius 2 is 2.00 bits per heavy atom. The molecule has 0 aliphatic rings. The Balaban J connectivity index is 3.19. The van der Waals surface area contributed by atoms with Gasteiger partial charge in [-0.1, -0.05) is 5.11 Å². The summed E-state index contributed by atoms with van der Waals surface area (Å²) in [4.78, 5) is 2.72. The minimum atomic E-state index is 0.347. The van der Waals surface area contributed by atoms with Gasteiger partial charge in [-0.3, -0.25) is 0 Å². The molecular formula is C10H10N4. The first-order valence-electron chi connectivity index (χ1n) is 4.20. The number of aryl methyl sites for hydroxylation is 2. The second-order valence-corrected chi connectivity index (χ2v) is 3.09. The maximum absolute atomic E-state index is 8.72. The second-order valence-electron chi connectivity index (χ2n) is 3.09. The van der Waals surface area contributed by atoms with Crippen LogP contribution in [0.4, 0.5) is 0 Å². The van der Waals surface area contributed by atoms with E-state index in [-0.39, 0.29) is 0 Å². The Morgan fingerprint density at radius 1 is 1.43 bits per heavy atom. The molecule has 4 heteroatoms. The predicted octanol–water partition coefficient (Wildman–Crippen LogP) is 2.99. The molecule has 0 aliphatic heterocycles. The number of hydrogen-bond donors (Lipinski definition) is 0. The lowest BCUT2D eigenvalue weighted by atomic mass is 10.00. The molecule has 1 aromatic carbocycles. The SMILES string of the molecule is Cc1cc(C#N)cc(C)c1CN=[N+]=[N-]. The van der Waals surface area contributed by atoms with Crippen LogP contribution in [-0.4, -0.2) is 0 Å². The standard InChI is InChI=1S/C10H10N4/c1-7-3-9(5-11)4-8(2)10(7)6-13-14-12/h3-4H,6H2,1-2H3. The summed E-state index contributed by atoms with van der Waals surface area (Å²) in [5, 5.41) is 12.2. The molecule has 0 bridgehead atoms. The first-order valence-corrected chi connectivity index (χ1v) is 4.20. The largest absolute Gasteiger partial charge is 0.192 e. The van der Waals surface area contributed by atoms with Gasteiger partial charge in [0.2, 0.25) is 0 Å². The van der Waals surface area contributed by atoms with Gasteiger partial charge in [-0.15, -0.1) is 0 Å². The first kappa shape index (κ1) is 10.1. The van der Waals surface area contributed by atoms with Crippen molar-refractivity contribution in [1.29, 1.82) is 5.26 Å². The van der Waals surface area contributed by atoms with Crippen LogP contribution in [0.1, 0.15) is 22.3 Å². The summed E-state index contributed by atoms with van der Waals surface area (Å²) < 4.78 is 0. The molecule has 0 atom stereocenters. The van der Waals surface area contributed by atoms with Crippen molar-refractivity contribution >= 4 is 0 Å². The zero-order valence-electron chi connectivity index (χ0n) is 8.15. The minimum Gasteiger partial charge on any atom is -0.192 e. The molecule has 0 fully saturated rings. The Hall–Kier alpha value is -1.98. The molecule has 0 N–H and O–H groups in total. The van der Waals surface area contributed by atoms with E-state index < -0.39 is 0 Å². The average molecular weight is 186 g/mol. The highest BCUT2D eigenvalue weighted by Crippen LogP contribution is 2.17. The van der Waals surface area contributed by atoms with Gasteiger partial charge in [0.15, 0.2) is 0 Å². The number of rotatable bonds is 2. The fourth-order valence-corrected chi connectivity index (χ4v) is 1.41. The van der Waals surface area contributed by atoms with Gasteiger partial charge in [-0.05, 0) is 48.2 Å². The van der Waals surface area contributed by atoms with Gasteiger partial charge in [0.05, 0.1) is 18.2 Å². The van der Waals surface area contributed by atoms with E-state index in [4.69, 9.17) is 10.8 Å². The van der Waals surface area contributed by atoms with Crippen molar-refractivity contribution in [2.75, 3.05) is 0 Å². The topological polar surface area (TPSA) is 72.5 Å². The minimum absolute atomic E-state index is 0.347.